The van der Waals surface area contributed by atoms with E-state index in [9.17, 15) is 0 Å². The minimum Gasteiger partial charge on any atom is -0.369 e. The molecule has 1 aliphatic rings. The molecule has 4 N–H and O–H groups in total. The van der Waals surface area contributed by atoms with Gasteiger partial charge in [0.25, 0.3) is 0 Å². The molecule has 2 aromatic rings. The molecule has 0 spiro atoms. The molecule has 2 aromatic carbocycles. The van der Waals surface area contributed by atoms with Crippen molar-refractivity contribution in [2.75, 3.05) is 37.6 Å². The zero-order chi connectivity index (χ0) is 21.5. The van der Waals surface area contributed by atoms with Crippen LogP contribution in [0, 0.1) is 13.8 Å². The van der Waals surface area contributed by atoms with E-state index in [0.717, 1.165) is 51.4 Å². The van der Waals surface area contributed by atoms with E-state index in [0.29, 0.717) is 0 Å². The van der Waals surface area contributed by atoms with Gasteiger partial charge in [-0.2, -0.15) is 5.10 Å². The van der Waals surface area contributed by atoms with Gasteiger partial charge >= 0.3 is 0 Å². The number of hydrazine groups is 1. The number of hydrogen-bond donors (Lipinski definition) is 2. The van der Waals surface area contributed by atoms with Crippen molar-refractivity contribution < 1.29 is 0 Å². The molecule has 0 saturated carbocycles. The Bertz CT molecular complexity index is 827. The van der Waals surface area contributed by atoms with Crippen LogP contribution in [0.4, 0.5) is 5.69 Å². The summed E-state index contributed by atoms with van der Waals surface area (Å²) in [4.78, 5) is 4.94. The summed E-state index contributed by atoms with van der Waals surface area (Å²) in [5.74, 6) is 13.0. The van der Waals surface area contributed by atoms with Crippen molar-refractivity contribution in [1.29, 1.82) is 0 Å². The summed E-state index contributed by atoms with van der Waals surface area (Å²) >= 11 is 0. The van der Waals surface area contributed by atoms with Crippen molar-refractivity contribution in [3.8, 4) is 0 Å². The smallest absolute Gasteiger partial charge is 0.160 e. The van der Waals surface area contributed by atoms with Crippen LogP contribution in [0.3, 0.4) is 0 Å². The lowest BCUT2D eigenvalue weighted by Crippen LogP contribution is -2.53. The first-order chi connectivity index (χ1) is 14.5. The van der Waals surface area contributed by atoms with Gasteiger partial charge in [0.15, 0.2) is 5.84 Å². The van der Waals surface area contributed by atoms with Crippen molar-refractivity contribution in [3.05, 3.63) is 65.2 Å². The maximum Gasteiger partial charge on any atom is 0.160 e. The quantitative estimate of drug-likeness (QED) is 0.318. The summed E-state index contributed by atoms with van der Waals surface area (Å²) in [6, 6.07) is 17.1. The molecule has 162 valence electrons. The summed E-state index contributed by atoms with van der Waals surface area (Å²) in [7, 11) is 0. The largest absolute Gasteiger partial charge is 0.369 e. The van der Waals surface area contributed by atoms with Crippen LogP contribution >= 0.6 is 0 Å². The van der Waals surface area contributed by atoms with Gasteiger partial charge in [0.1, 0.15) is 0 Å². The molecule has 0 amide bonds. The Kier molecular flexibility index (Phi) is 7.71. The Morgan fingerprint density at radius 2 is 1.77 bits per heavy atom. The molecule has 1 fully saturated rings. The minimum atomic E-state index is -0.0428. The lowest BCUT2D eigenvalue weighted by molar-refractivity contribution is 0.214. The summed E-state index contributed by atoms with van der Waals surface area (Å²) in [6.45, 7) is 11.0. The van der Waals surface area contributed by atoms with Crippen molar-refractivity contribution in [3.63, 3.8) is 0 Å². The van der Waals surface area contributed by atoms with E-state index in [2.05, 4.69) is 78.1 Å². The van der Waals surface area contributed by atoms with Gasteiger partial charge in [-0.15, -0.1) is 0 Å². The lowest BCUT2D eigenvalue weighted by Gasteiger charge is -2.42. The van der Waals surface area contributed by atoms with Crippen molar-refractivity contribution in [2.45, 2.75) is 39.7 Å². The Labute approximate surface area is 181 Å². The van der Waals surface area contributed by atoms with Gasteiger partial charge in [-0.05, 0) is 43.0 Å². The van der Waals surface area contributed by atoms with Crippen molar-refractivity contribution in [2.24, 2.45) is 16.8 Å². The maximum absolute atomic E-state index is 6.40. The summed E-state index contributed by atoms with van der Waals surface area (Å²) in [5.41, 5.74) is 5.13. The van der Waals surface area contributed by atoms with Gasteiger partial charge < -0.3 is 10.7 Å². The topological polar surface area (TPSA) is 74.1 Å². The third-order valence-electron chi connectivity index (χ3n) is 5.92. The Hall–Kier alpha value is -2.57. The molecule has 6 heteroatoms. The Balaban J connectivity index is 1.81. The van der Waals surface area contributed by atoms with Crippen LogP contribution in [-0.4, -0.2) is 48.5 Å². The fourth-order valence-corrected chi connectivity index (χ4v) is 4.18. The highest BCUT2D eigenvalue weighted by molar-refractivity contribution is 5.88. The number of benzene rings is 2. The number of piperazine rings is 1. The van der Waals surface area contributed by atoms with Crippen molar-refractivity contribution >= 4 is 11.5 Å². The second-order valence-electron chi connectivity index (χ2n) is 8.16. The fraction of sp³-hybridized carbons (Fsp3) is 0.458. The zero-order valence-electron chi connectivity index (χ0n) is 18.6. The monoisotopic (exact) mass is 408 g/mol. The van der Waals surface area contributed by atoms with Crippen LogP contribution in [0.2, 0.25) is 0 Å². The van der Waals surface area contributed by atoms with Gasteiger partial charge in [0.05, 0.1) is 6.04 Å². The molecule has 0 radical (unpaired) electrons. The second kappa shape index (κ2) is 10.5. The van der Waals surface area contributed by atoms with Crippen LogP contribution in [0.15, 0.2) is 53.6 Å². The number of hydrogen-bond acceptors (Lipinski definition) is 5. The molecule has 0 bridgehead atoms. The van der Waals surface area contributed by atoms with Gasteiger partial charge in [0, 0.05) is 38.4 Å². The van der Waals surface area contributed by atoms with Crippen LogP contribution < -0.4 is 16.6 Å². The highest BCUT2D eigenvalue weighted by atomic mass is 15.5. The molecule has 0 aliphatic carbocycles. The third-order valence-corrected chi connectivity index (χ3v) is 5.92. The number of aryl methyl sites for hydroxylation is 2. The van der Waals surface area contributed by atoms with Crippen LogP contribution in [0.25, 0.3) is 0 Å². The number of nitrogens with zero attached hydrogens (tertiary/aromatic N) is 4. The highest BCUT2D eigenvalue weighted by Gasteiger charge is 2.31. The molecule has 30 heavy (non-hydrogen) atoms. The van der Waals surface area contributed by atoms with Crippen LogP contribution in [0.1, 0.15) is 42.5 Å². The van der Waals surface area contributed by atoms with E-state index in [-0.39, 0.29) is 6.04 Å². The van der Waals surface area contributed by atoms with Crippen molar-refractivity contribution in [1.82, 2.24) is 9.91 Å². The SMILES string of the molecule is CCCCN(N)/C(=N\N)C(c1ccccc1)N1CCN(c2cc(C)ccc2C)CC1. The molecule has 1 unspecified atom stereocenters. The molecule has 1 aliphatic heterocycles. The molecule has 3 rings (SSSR count). The zero-order valence-corrected chi connectivity index (χ0v) is 18.6. The fourth-order valence-electron chi connectivity index (χ4n) is 4.18. The molecular formula is C24H36N6. The first-order valence-electron chi connectivity index (χ1n) is 11.0. The van der Waals surface area contributed by atoms with E-state index in [1.54, 1.807) is 5.01 Å². The number of nitrogens with two attached hydrogens (primary N) is 2. The summed E-state index contributed by atoms with van der Waals surface area (Å²) in [5, 5.41) is 5.89. The summed E-state index contributed by atoms with van der Waals surface area (Å²) in [6.07, 6.45) is 2.09. The van der Waals surface area contributed by atoms with Gasteiger partial charge in [0.2, 0.25) is 0 Å². The Morgan fingerprint density at radius 1 is 1.07 bits per heavy atom. The summed E-state index contributed by atoms with van der Waals surface area (Å²) < 4.78 is 0. The third kappa shape index (κ3) is 5.12. The molecule has 1 atom stereocenters. The number of rotatable bonds is 7. The van der Waals surface area contributed by atoms with Gasteiger partial charge in [-0.3, -0.25) is 9.91 Å². The molecular weight excluding hydrogens is 372 g/mol. The average molecular weight is 409 g/mol. The standard InChI is InChI=1S/C24H36N6/c1-4-5-13-30(26)24(27-25)23(21-9-7-6-8-10-21)29-16-14-28(15-17-29)22-18-19(2)11-12-20(22)3/h6-12,18,23H,4-5,13-17,25-26H2,1-3H3/b27-24-. The average Bonchev–Trinajstić information content (AvgIpc) is 2.78. The van der Waals surface area contributed by atoms with Crippen LogP contribution in [0.5, 0.6) is 0 Å². The van der Waals surface area contributed by atoms with E-state index >= 15 is 0 Å². The molecule has 0 aromatic heterocycles. The van der Waals surface area contributed by atoms with Gasteiger partial charge in [-0.1, -0.05) is 55.8 Å². The van der Waals surface area contributed by atoms with E-state index < -0.39 is 0 Å². The molecule has 1 heterocycles. The predicted molar refractivity (Wildman–Crippen MR) is 126 cm³/mol. The predicted octanol–water partition coefficient (Wildman–Crippen LogP) is 3.41. The molecule has 6 nitrogen and oxygen atoms in total. The number of hydrazone groups is 1. The van der Waals surface area contributed by atoms with E-state index in [4.69, 9.17) is 11.7 Å². The van der Waals surface area contributed by atoms with E-state index in [1.165, 1.54) is 22.4 Å². The maximum atomic E-state index is 6.40. The van der Waals surface area contributed by atoms with Crippen LogP contribution in [-0.2, 0) is 0 Å². The normalized spacial score (nSPS) is 16.5. The first kappa shape index (κ1) is 22.1. The highest BCUT2D eigenvalue weighted by Crippen LogP contribution is 2.28. The van der Waals surface area contributed by atoms with Gasteiger partial charge in [-0.25, -0.2) is 5.84 Å². The molecule has 1 saturated heterocycles. The number of amidine groups is 1. The number of anilines is 1. The first-order valence-corrected chi connectivity index (χ1v) is 11.0. The number of unbranched alkanes of at least 4 members (excludes halogenated alkanes) is 1. The second-order valence-corrected chi connectivity index (χ2v) is 8.16. The van der Waals surface area contributed by atoms with E-state index in [1.807, 2.05) is 6.07 Å². The minimum absolute atomic E-state index is 0.0428. The Morgan fingerprint density at radius 3 is 2.40 bits per heavy atom. The lowest BCUT2D eigenvalue weighted by atomic mass is 10.0.